The van der Waals surface area contributed by atoms with Crippen LogP contribution in [-0.4, -0.2) is 41.0 Å². The molecule has 5 nitrogen and oxygen atoms in total. The molecule has 25 heavy (non-hydrogen) atoms. The highest BCUT2D eigenvalue weighted by Gasteiger charge is 2.23. The lowest BCUT2D eigenvalue weighted by molar-refractivity contribution is 0.179. The molecule has 0 amide bonds. The van der Waals surface area contributed by atoms with Crippen molar-refractivity contribution in [1.82, 2.24) is 14.5 Å². The number of pyridine rings is 1. The van der Waals surface area contributed by atoms with Gasteiger partial charge >= 0.3 is 0 Å². The molecule has 0 N–H and O–H groups in total. The van der Waals surface area contributed by atoms with Gasteiger partial charge in [0.05, 0.1) is 18.8 Å². The average molecular weight is 334 g/mol. The lowest BCUT2D eigenvalue weighted by Gasteiger charge is -2.30. The molecular formula is C20H22N4O. The van der Waals surface area contributed by atoms with Crippen LogP contribution in [0.4, 0.5) is 0 Å². The second-order valence-electron chi connectivity index (χ2n) is 6.61. The highest BCUT2D eigenvalue weighted by atomic mass is 16.5. The summed E-state index contributed by atoms with van der Waals surface area (Å²) in [5.41, 5.74) is 3.71. The normalized spacial score (nSPS) is 20.8. The number of aliphatic imine (C=N–C) groups is 1. The Bertz CT molecular complexity index is 932. The second-order valence-corrected chi connectivity index (χ2v) is 6.61. The lowest BCUT2D eigenvalue weighted by Crippen LogP contribution is -2.27. The van der Waals surface area contributed by atoms with E-state index in [1.807, 2.05) is 37.8 Å². The molecule has 4 rings (SSSR count). The number of nitrogens with zero attached hydrogens (tertiary/aromatic N) is 4. The van der Waals surface area contributed by atoms with Gasteiger partial charge in [0.1, 0.15) is 5.84 Å². The van der Waals surface area contributed by atoms with E-state index in [1.165, 1.54) is 16.5 Å². The number of likely N-dealkylation sites (N-methyl/N-ethyl adjacent to an activating group) is 1. The Hall–Kier alpha value is -2.82. The summed E-state index contributed by atoms with van der Waals surface area (Å²) in [5.74, 6) is 2.37. The third-order valence-corrected chi connectivity index (χ3v) is 4.94. The summed E-state index contributed by atoms with van der Waals surface area (Å²) >= 11 is 0. The number of fused-ring (bicyclic) bond motifs is 1. The van der Waals surface area contributed by atoms with E-state index < -0.39 is 0 Å². The van der Waals surface area contributed by atoms with E-state index in [4.69, 9.17) is 9.73 Å². The molecule has 1 atom stereocenters. The van der Waals surface area contributed by atoms with E-state index in [9.17, 15) is 0 Å². The van der Waals surface area contributed by atoms with Crippen LogP contribution in [-0.2, 0) is 4.74 Å². The van der Waals surface area contributed by atoms with Crippen LogP contribution in [0.2, 0.25) is 0 Å². The maximum absolute atomic E-state index is 5.36. The third-order valence-electron chi connectivity index (χ3n) is 4.94. The number of hydrogen-bond acceptors (Lipinski definition) is 4. The molecule has 0 bridgehead atoms. The van der Waals surface area contributed by atoms with Gasteiger partial charge in [-0.3, -0.25) is 4.98 Å². The fraction of sp³-hybridized carbons (Fsp3) is 0.300. The fourth-order valence-corrected chi connectivity index (χ4v) is 3.56. The molecule has 0 radical (unpaired) electrons. The topological polar surface area (TPSA) is 42.6 Å². The zero-order valence-electron chi connectivity index (χ0n) is 14.8. The Labute approximate surface area is 147 Å². The monoisotopic (exact) mass is 334 g/mol. The Morgan fingerprint density at radius 2 is 2.12 bits per heavy atom. The highest BCUT2D eigenvalue weighted by Crippen LogP contribution is 2.30. The molecule has 4 heterocycles. The summed E-state index contributed by atoms with van der Waals surface area (Å²) in [7, 11) is 3.75. The van der Waals surface area contributed by atoms with Crippen molar-refractivity contribution in [3.05, 3.63) is 66.1 Å². The Morgan fingerprint density at radius 3 is 2.88 bits per heavy atom. The van der Waals surface area contributed by atoms with Gasteiger partial charge in [-0.2, -0.15) is 0 Å². The SMILES string of the molecule is COC1=CC=C(C2=CN=C(n3ccc4ccncc43)C[C@@H]2C)CN1C. The predicted octanol–water partition coefficient (Wildman–Crippen LogP) is 3.57. The van der Waals surface area contributed by atoms with Crippen LogP contribution < -0.4 is 0 Å². The Morgan fingerprint density at radius 1 is 1.24 bits per heavy atom. The zero-order chi connectivity index (χ0) is 17.4. The molecule has 0 unspecified atom stereocenters. The van der Waals surface area contributed by atoms with Crippen LogP contribution in [0.5, 0.6) is 0 Å². The van der Waals surface area contributed by atoms with Crippen LogP contribution in [0.1, 0.15) is 13.3 Å². The quantitative estimate of drug-likeness (QED) is 0.843. The first-order valence-electron chi connectivity index (χ1n) is 8.52. The molecular weight excluding hydrogens is 312 g/mol. The Balaban J connectivity index is 1.67. The van der Waals surface area contributed by atoms with E-state index in [0.29, 0.717) is 5.92 Å². The van der Waals surface area contributed by atoms with E-state index in [1.54, 1.807) is 7.11 Å². The van der Waals surface area contributed by atoms with Crippen LogP contribution in [0.15, 0.2) is 71.1 Å². The van der Waals surface area contributed by atoms with Crippen molar-refractivity contribution in [2.45, 2.75) is 13.3 Å². The molecule has 0 aromatic carbocycles. The third kappa shape index (κ3) is 2.76. The number of allylic oxidation sites excluding steroid dienone is 2. The second kappa shape index (κ2) is 6.24. The van der Waals surface area contributed by atoms with E-state index in [2.05, 4.69) is 39.7 Å². The van der Waals surface area contributed by atoms with Gasteiger partial charge in [-0.15, -0.1) is 0 Å². The van der Waals surface area contributed by atoms with Gasteiger partial charge in [-0.05, 0) is 35.3 Å². The first kappa shape index (κ1) is 15.7. The van der Waals surface area contributed by atoms with Crippen LogP contribution in [0, 0.1) is 5.92 Å². The van der Waals surface area contributed by atoms with Gasteiger partial charge in [0.2, 0.25) is 0 Å². The molecule has 128 valence electrons. The predicted molar refractivity (Wildman–Crippen MR) is 100 cm³/mol. The lowest BCUT2D eigenvalue weighted by atomic mass is 9.88. The van der Waals surface area contributed by atoms with Crippen molar-refractivity contribution in [3.8, 4) is 0 Å². The van der Waals surface area contributed by atoms with Gasteiger partial charge in [0.25, 0.3) is 0 Å². The minimum absolute atomic E-state index is 0.416. The number of aromatic nitrogens is 2. The molecule has 5 heteroatoms. The van der Waals surface area contributed by atoms with Gasteiger partial charge in [0, 0.05) is 44.0 Å². The largest absolute Gasteiger partial charge is 0.482 e. The van der Waals surface area contributed by atoms with Crippen molar-refractivity contribution in [3.63, 3.8) is 0 Å². The van der Waals surface area contributed by atoms with Crippen molar-refractivity contribution < 1.29 is 4.74 Å². The maximum Gasteiger partial charge on any atom is 0.188 e. The summed E-state index contributed by atoms with van der Waals surface area (Å²) in [6.07, 6.45) is 12.9. The zero-order valence-corrected chi connectivity index (χ0v) is 14.8. The molecule has 2 aliphatic heterocycles. The van der Waals surface area contributed by atoms with Gasteiger partial charge in [-0.1, -0.05) is 13.0 Å². The van der Waals surface area contributed by atoms with Crippen LogP contribution in [0.25, 0.3) is 10.9 Å². The minimum Gasteiger partial charge on any atom is -0.482 e. The number of hydrogen-bond donors (Lipinski definition) is 0. The van der Waals surface area contributed by atoms with Crippen LogP contribution in [0.3, 0.4) is 0 Å². The standard InChI is InChI=1S/C20H22N4O/c1-14-10-19(24-9-7-15-6-8-21-12-18(15)24)22-11-17(14)16-4-5-20(25-3)23(2)13-16/h4-9,11-12,14H,10,13H2,1-3H3/t14-/m0/s1. The molecule has 2 aromatic rings. The molecule has 0 saturated carbocycles. The van der Waals surface area contributed by atoms with E-state index >= 15 is 0 Å². The molecule has 0 fully saturated rings. The highest BCUT2D eigenvalue weighted by molar-refractivity contribution is 5.96. The maximum atomic E-state index is 5.36. The van der Waals surface area contributed by atoms with Crippen molar-refractivity contribution >= 4 is 16.7 Å². The smallest absolute Gasteiger partial charge is 0.188 e. The van der Waals surface area contributed by atoms with Gasteiger partial charge in [0.15, 0.2) is 5.88 Å². The first-order chi connectivity index (χ1) is 12.2. The average Bonchev–Trinajstić information content (AvgIpc) is 3.05. The van der Waals surface area contributed by atoms with Gasteiger partial charge in [-0.25, -0.2) is 4.99 Å². The number of rotatable bonds is 2. The van der Waals surface area contributed by atoms with Crippen LogP contribution >= 0.6 is 0 Å². The molecule has 0 aliphatic carbocycles. The summed E-state index contributed by atoms with van der Waals surface area (Å²) in [5, 5.41) is 1.19. The summed E-state index contributed by atoms with van der Waals surface area (Å²) in [6.45, 7) is 3.11. The molecule has 0 spiro atoms. The van der Waals surface area contributed by atoms with E-state index in [-0.39, 0.29) is 0 Å². The van der Waals surface area contributed by atoms with Crippen molar-refractivity contribution in [1.29, 1.82) is 0 Å². The molecule has 2 aliphatic rings. The summed E-state index contributed by atoms with van der Waals surface area (Å²) in [4.78, 5) is 11.1. The first-order valence-corrected chi connectivity index (χ1v) is 8.52. The van der Waals surface area contributed by atoms with Crippen molar-refractivity contribution in [2.75, 3.05) is 20.7 Å². The number of ether oxygens (including phenoxy) is 1. The van der Waals surface area contributed by atoms with E-state index in [0.717, 1.165) is 30.2 Å². The fourth-order valence-electron chi connectivity index (χ4n) is 3.56. The molecule has 2 aromatic heterocycles. The summed E-state index contributed by atoms with van der Waals surface area (Å²) < 4.78 is 7.51. The number of methoxy groups -OCH3 is 1. The van der Waals surface area contributed by atoms with Crippen molar-refractivity contribution in [2.24, 2.45) is 10.9 Å². The minimum atomic E-state index is 0.416. The van der Waals surface area contributed by atoms with Gasteiger partial charge < -0.3 is 14.2 Å². The molecule has 0 saturated heterocycles. The Kier molecular flexibility index (Phi) is 3.92. The summed E-state index contributed by atoms with van der Waals surface area (Å²) in [6, 6.07) is 4.14.